The number of ether oxygens (including phenoxy) is 3. The first-order chi connectivity index (χ1) is 16.0. The Morgan fingerprint density at radius 2 is 1.73 bits per heavy atom. The smallest absolute Gasteiger partial charge is 0.262 e. The van der Waals surface area contributed by atoms with Crippen LogP contribution in [0.5, 0.6) is 17.2 Å². The van der Waals surface area contributed by atoms with Gasteiger partial charge in [-0.1, -0.05) is 35.9 Å². The third kappa shape index (κ3) is 7.23. The van der Waals surface area contributed by atoms with Crippen LogP contribution in [-0.4, -0.2) is 26.2 Å². The van der Waals surface area contributed by atoms with E-state index in [2.05, 4.69) is 26.6 Å². The fourth-order valence-electron chi connectivity index (χ4n) is 3.29. The Labute approximate surface area is 203 Å². The van der Waals surface area contributed by atoms with Gasteiger partial charge in [-0.05, 0) is 65.7 Å². The number of hydrogen-bond acceptors (Lipinski definition) is 5. The molecule has 3 aromatic carbocycles. The second kappa shape index (κ2) is 12.3. The van der Waals surface area contributed by atoms with Crippen molar-refractivity contribution in [3.8, 4) is 17.2 Å². The van der Waals surface area contributed by atoms with Gasteiger partial charge in [0.2, 0.25) is 0 Å². The highest BCUT2D eigenvalue weighted by Gasteiger charge is 2.14. The number of carbonyl (C=O) groups excluding carboxylic acids is 1. The van der Waals surface area contributed by atoms with Crippen LogP contribution >= 0.6 is 15.9 Å². The van der Waals surface area contributed by atoms with Gasteiger partial charge in [0.25, 0.3) is 5.91 Å². The number of carbonyl (C=O) groups is 1. The fourth-order valence-corrected chi connectivity index (χ4v) is 3.89. The lowest BCUT2D eigenvalue weighted by Crippen LogP contribution is -2.20. The molecule has 6 nitrogen and oxygen atoms in total. The summed E-state index contributed by atoms with van der Waals surface area (Å²) in [6, 6.07) is 19.4. The second-order valence-corrected chi connectivity index (χ2v) is 8.31. The second-order valence-electron chi connectivity index (χ2n) is 7.46. The summed E-state index contributed by atoms with van der Waals surface area (Å²) >= 11 is 3.57. The van der Waals surface area contributed by atoms with Crippen LogP contribution in [0.3, 0.4) is 0 Å². The average Bonchev–Trinajstić information content (AvgIpc) is 2.80. The van der Waals surface area contributed by atoms with Gasteiger partial charge in [0.1, 0.15) is 5.75 Å². The molecule has 0 aliphatic carbocycles. The first-order valence-electron chi connectivity index (χ1n) is 10.8. The number of anilines is 1. The topological polar surface area (TPSA) is 68.8 Å². The van der Waals surface area contributed by atoms with Crippen LogP contribution in [0.4, 0.5) is 5.69 Å². The lowest BCUT2D eigenvalue weighted by Gasteiger charge is -2.16. The number of benzene rings is 3. The summed E-state index contributed by atoms with van der Waals surface area (Å²) in [6.45, 7) is 5.57. The van der Waals surface area contributed by atoms with E-state index < -0.39 is 0 Å². The van der Waals surface area contributed by atoms with E-state index in [4.69, 9.17) is 14.2 Å². The van der Waals surface area contributed by atoms with E-state index in [9.17, 15) is 4.79 Å². The molecule has 3 rings (SSSR count). The van der Waals surface area contributed by atoms with Crippen molar-refractivity contribution in [1.82, 2.24) is 5.32 Å². The largest absolute Gasteiger partial charge is 0.496 e. The molecule has 0 heterocycles. The minimum absolute atomic E-state index is 0.127. The van der Waals surface area contributed by atoms with Crippen molar-refractivity contribution in [2.24, 2.45) is 0 Å². The van der Waals surface area contributed by atoms with Gasteiger partial charge in [-0.2, -0.15) is 0 Å². The van der Waals surface area contributed by atoms with Gasteiger partial charge < -0.3 is 24.8 Å². The van der Waals surface area contributed by atoms with E-state index in [-0.39, 0.29) is 12.5 Å². The van der Waals surface area contributed by atoms with Crippen LogP contribution in [-0.2, 0) is 17.9 Å². The molecule has 0 bridgehead atoms. The van der Waals surface area contributed by atoms with E-state index in [0.29, 0.717) is 31.2 Å². The van der Waals surface area contributed by atoms with E-state index >= 15 is 0 Å². The summed E-state index contributed by atoms with van der Waals surface area (Å²) in [7, 11) is 1.67. The van der Waals surface area contributed by atoms with Crippen LogP contribution in [0.1, 0.15) is 23.6 Å². The third-order valence-electron chi connectivity index (χ3n) is 4.89. The van der Waals surface area contributed by atoms with Crippen molar-refractivity contribution in [3.63, 3.8) is 0 Å². The van der Waals surface area contributed by atoms with Gasteiger partial charge >= 0.3 is 0 Å². The van der Waals surface area contributed by atoms with Crippen molar-refractivity contribution < 1.29 is 19.0 Å². The van der Waals surface area contributed by atoms with Gasteiger partial charge in [0.15, 0.2) is 18.1 Å². The molecule has 0 radical (unpaired) electrons. The number of nitrogens with one attached hydrogen (secondary N) is 2. The van der Waals surface area contributed by atoms with Gasteiger partial charge in [-0.3, -0.25) is 4.79 Å². The SMILES string of the molecule is CCOc1cc(CNCc2ccccc2OC)cc(Br)c1OCC(=O)Nc1ccc(C)cc1. The summed E-state index contributed by atoms with van der Waals surface area (Å²) in [4.78, 5) is 12.3. The number of amides is 1. The van der Waals surface area contributed by atoms with Gasteiger partial charge in [0, 0.05) is 24.3 Å². The van der Waals surface area contributed by atoms with Crippen LogP contribution in [0, 0.1) is 6.92 Å². The number of hydrogen-bond donors (Lipinski definition) is 2. The lowest BCUT2D eigenvalue weighted by molar-refractivity contribution is -0.118. The Bertz CT molecular complexity index is 1070. The standard InChI is InChI=1S/C26H29BrN2O4/c1-4-32-24-14-19(15-28-16-20-7-5-6-8-23(20)31-3)13-22(27)26(24)33-17-25(30)29-21-11-9-18(2)10-12-21/h5-14,28H,4,15-17H2,1-3H3,(H,29,30). The van der Waals surface area contributed by atoms with Crippen molar-refractivity contribution >= 4 is 27.5 Å². The molecular weight excluding hydrogens is 484 g/mol. The Morgan fingerprint density at radius 3 is 2.45 bits per heavy atom. The maximum absolute atomic E-state index is 12.3. The zero-order chi connectivity index (χ0) is 23.6. The molecule has 0 saturated carbocycles. The predicted octanol–water partition coefficient (Wildman–Crippen LogP) is 5.47. The number of aryl methyl sites for hydroxylation is 1. The molecule has 0 aliphatic heterocycles. The minimum Gasteiger partial charge on any atom is -0.496 e. The fraction of sp³-hybridized carbons (Fsp3) is 0.269. The monoisotopic (exact) mass is 512 g/mol. The van der Waals surface area contributed by atoms with Gasteiger partial charge in [0.05, 0.1) is 18.2 Å². The first kappa shape index (κ1) is 24.6. The van der Waals surface area contributed by atoms with Crippen LogP contribution in [0.2, 0.25) is 0 Å². The number of rotatable bonds is 11. The van der Waals surface area contributed by atoms with Crippen molar-refractivity contribution in [3.05, 3.63) is 81.8 Å². The normalized spacial score (nSPS) is 10.5. The van der Waals surface area contributed by atoms with Crippen molar-refractivity contribution in [1.29, 1.82) is 0 Å². The first-order valence-corrected chi connectivity index (χ1v) is 11.6. The molecule has 0 aromatic heterocycles. The summed E-state index contributed by atoms with van der Waals surface area (Å²) in [5.74, 6) is 1.71. The summed E-state index contributed by atoms with van der Waals surface area (Å²) in [5, 5.41) is 6.26. The Morgan fingerprint density at radius 1 is 0.970 bits per heavy atom. The maximum atomic E-state index is 12.3. The van der Waals surface area contributed by atoms with E-state index in [0.717, 1.165) is 32.6 Å². The molecule has 1 amide bonds. The quantitative estimate of drug-likeness (QED) is 0.356. The molecule has 0 saturated heterocycles. The molecule has 0 spiro atoms. The van der Waals surface area contributed by atoms with Gasteiger partial charge in [-0.15, -0.1) is 0 Å². The molecule has 7 heteroatoms. The third-order valence-corrected chi connectivity index (χ3v) is 5.48. The van der Waals surface area contributed by atoms with Crippen LogP contribution in [0.25, 0.3) is 0 Å². The zero-order valence-electron chi connectivity index (χ0n) is 19.1. The van der Waals surface area contributed by atoms with Crippen LogP contribution < -0.4 is 24.8 Å². The molecule has 33 heavy (non-hydrogen) atoms. The minimum atomic E-state index is -0.240. The maximum Gasteiger partial charge on any atom is 0.262 e. The number of halogens is 1. The molecule has 0 atom stereocenters. The number of para-hydroxylation sites is 1. The summed E-state index contributed by atoms with van der Waals surface area (Å²) in [6.07, 6.45) is 0. The predicted molar refractivity (Wildman–Crippen MR) is 134 cm³/mol. The number of methoxy groups -OCH3 is 1. The van der Waals surface area contributed by atoms with E-state index in [1.54, 1.807) is 7.11 Å². The molecule has 0 unspecified atom stereocenters. The molecule has 2 N–H and O–H groups in total. The Balaban J connectivity index is 1.62. The molecule has 0 aliphatic rings. The summed E-state index contributed by atoms with van der Waals surface area (Å²) in [5.41, 5.74) is 3.97. The molecule has 3 aromatic rings. The van der Waals surface area contributed by atoms with Gasteiger partial charge in [-0.25, -0.2) is 0 Å². The van der Waals surface area contributed by atoms with Crippen LogP contribution in [0.15, 0.2) is 65.1 Å². The highest BCUT2D eigenvalue weighted by atomic mass is 79.9. The molecule has 174 valence electrons. The van der Waals surface area contributed by atoms with Crippen molar-refractivity contribution in [2.45, 2.75) is 26.9 Å². The lowest BCUT2D eigenvalue weighted by atomic mass is 10.1. The highest BCUT2D eigenvalue weighted by Crippen LogP contribution is 2.37. The van der Waals surface area contributed by atoms with Crippen molar-refractivity contribution in [2.75, 3.05) is 25.6 Å². The van der Waals surface area contributed by atoms with E-state index in [1.807, 2.05) is 74.5 Å². The Hall–Kier alpha value is -3.03. The molecular formula is C26H29BrN2O4. The highest BCUT2D eigenvalue weighted by molar-refractivity contribution is 9.10. The van der Waals surface area contributed by atoms with E-state index in [1.165, 1.54) is 0 Å². The summed E-state index contributed by atoms with van der Waals surface area (Å²) < 4.78 is 17.7. The zero-order valence-corrected chi connectivity index (χ0v) is 20.7. The Kier molecular flexibility index (Phi) is 9.15. The average molecular weight is 513 g/mol. The molecule has 0 fully saturated rings.